The number of anilines is 1. The van der Waals surface area contributed by atoms with Gasteiger partial charge in [0, 0.05) is 32.9 Å². The number of halogens is 2. The molecule has 0 saturated carbocycles. The molecule has 34 heavy (non-hydrogen) atoms. The van der Waals surface area contributed by atoms with Crippen molar-refractivity contribution >= 4 is 56.6 Å². The molecule has 0 aliphatic carbocycles. The van der Waals surface area contributed by atoms with Gasteiger partial charge < -0.3 is 5.32 Å². The molecule has 5 nitrogen and oxygen atoms in total. The second kappa shape index (κ2) is 11.1. The number of hydrogen-bond donors (Lipinski definition) is 1. The number of para-hydroxylation sites is 1. The summed E-state index contributed by atoms with van der Waals surface area (Å²) in [5, 5.41) is 3.79. The summed E-state index contributed by atoms with van der Waals surface area (Å²) < 4.78 is 27.5. The average Bonchev–Trinajstić information content (AvgIpc) is 2.83. The molecule has 1 heterocycles. The Balaban J connectivity index is 1.44. The van der Waals surface area contributed by atoms with Crippen molar-refractivity contribution in [2.24, 2.45) is 5.92 Å². The molecular formula is C25H24Cl2N2O3S2. The Bertz CT molecular complexity index is 1270. The van der Waals surface area contributed by atoms with Crippen molar-refractivity contribution in [1.82, 2.24) is 4.31 Å². The summed E-state index contributed by atoms with van der Waals surface area (Å²) in [4.78, 5) is 15.1. The minimum atomic E-state index is -3.64. The lowest BCUT2D eigenvalue weighted by Crippen LogP contribution is -2.44. The number of hydrogen-bond acceptors (Lipinski definition) is 4. The minimum Gasteiger partial charge on any atom is -0.325 e. The zero-order valence-corrected chi connectivity index (χ0v) is 21.4. The number of benzene rings is 3. The van der Waals surface area contributed by atoms with Crippen LogP contribution in [-0.2, 0) is 20.6 Å². The van der Waals surface area contributed by atoms with Crippen LogP contribution in [0.1, 0.15) is 18.4 Å². The van der Waals surface area contributed by atoms with E-state index in [2.05, 4.69) is 5.32 Å². The van der Waals surface area contributed by atoms with Gasteiger partial charge in [0.25, 0.3) is 0 Å². The molecule has 4 rings (SSSR count). The van der Waals surface area contributed by atoms with Gasteiger partial charge in [-0.25, -0.2) is 12.7 Å². The number of sulfonamides is 1. The van der Waals surface area contributed by atoms with E-state index in [-0.39, 0.29) is 18.2 Å². The highest BCUT2D eigenvalue weighted by molar-refractivity contribution is 7.99. The SMILES string of the molecule is O=C(Nc1ccccc1Sc1ccccc1)C1CCCN(S(=O)(=O)Cc2ccc(Cl)cc2Cl)C1. The van der Waals surface area contributed by atoms with Gasteiger partial charge in [-0.05, 0) is 54.8 Å². The first-order valence-corrected chi connectivity index (χ1v) is 14.0. The van der Waals surface area contributed by atoms with E-state index < -0.39 is 15.9 Å². The van der Waals surface area contributed by atoms with Crippen LogP contribution >= 0.6 is 35.0 Å². The fourth-order valence-electron chi connectivity index (χ4n) is 3.84. The van der Waals surface area contributed by atoms with E-state index in [9.17, 15) is 13.2 Å². The number of carbonyl (C=O) groups excluding carboxylic acids is 1. The van der Waals surface area contributed by atoms with Gasteiger partial charge in [-0.15, -0.1) is 0 Å². The number of nitrogens with one attached hydrogen (secondary N) is 1. The molecule has 1 amide bonds. The van der Waals surface area contributed by atoms with Crippen LogP contribution in [0.2, 0.25) is 10.0 Å². The van der Waals surface area contributed by atoms with Crippen LogP contribution in [0, 0.1) is 5.92 Å². The lowest BCUT2D eigenvalue weighted by molar-refractivity contribution is -0.120. The third-order valence-corrected chi connectivity index (χ3v) is 9.08. The maximum atomic E-state index is 13.1. The summed E-state index contributed by atoms with van der Waals surface area (Å²) in [6.07, 6.45) is 1.25. The fraction of sp³-hybridized carbons (Fsp3) is 0.240. The van der Waals surface area contributed by atoms with E-state index in [0.717, 1.165) is 9.79 Å². The highest BCUT2D eigenvalue weighted by Gasteiger charge is 2.33. The van der Waals surface area contributed by atoms with E-state index >= 15 is 0 Å². The minimum absolute atomic E-state index is 0.146. The van der Waals surface area contributed by atoms with E-state index in [1.807, 2.05) is 54.6 Å². The van der Waals surface area contributed by atoms with Crippen LogP contribution in [0.3, 0.4) is 0 Å². The number of carbonyl (C=O) groups is 1. The Kier molecular flexibility index (Phi) is 8.22. The summed E-state index contributed by atoms with van der Waals surface area (Å²) in [6, 6.07) is 22.3. The molecule has 1 N–H and O–H groups in total. The molecule has 0 spiro atoms. The number of rotatable bonds is 7. The molecule has 1 saturated heterocycles. The van der Waals surface area contributed by atoms with Crippen molar-refractivity contribution < 1.29 is 13.2 Å². The maximum Gasteiger partial charge on any atom is 0.228 e. The van der Waals surface area contributed by atoms with Gasteiger partial charge in [0.2, 0.25) is 15.9 Å². The van der Waals surface area contributed by atoms with Crippen LogP contribution in [0.15, 0.2) is 82.6 Å². The van der Waals surface area contributed by atoms with Gasteiger partial charge in [-0.1, -0.05) is 71.4 Å². The highest BCUT2D eigenvalue weighted by atomic mass is 35.5. The molecular weight excluding hydrogens is 511 g/mol. The zero-order chi connectivity index (χ0) is 24.1. The first-order chi connectivity index (χ1) is 16.3. The number of nitrogens with zero attached hydrogens (tertiary/aromatic N) is 1. The molecule has 1 atom stereocenters. The summed E-state index contributed by atoms with van der Waals surface area (Å²) >= 11 is 13.7. The van der Waals surface area contributed by atoms with Crippen molar-refractivity contribution in [2.75, 3.05) is 18.4 Å². The van der Waals surface area contributed by atoms with Crippen LogP contribution in [0.25, 0.3) is 0 Å². The molecule has 1 unspecified atom stereocenters. The number of piperidine rings is 1. The molecule has 0 bridgehead atoms. The van der Waals surface area contributed by atoms with E-state index in [0.29, 0.717) is 40.7 Å². The van der Waals surface area contributed by atoms with Gasteiger partial charge in [-0.2, -0.15) is 0 Å². The summed E-state index contributed by atoms with van der Waals surface area (Å²) in [7, 11) is -3.64. The Morgan fingerprint density at radius 1 is 1.03 bits per heavy atom. The van der Waals surface area contributed by atoms with Crippen molar-refractivity contribution in [2.45, 2.75) is 28.4 Å². The summed E-state index contributed by atoms with van der Waals surface area (Å²) in [6.45, 7) is 0.533. The quantitative estimate of drug-likeness (QED) is 0.384. The van der Waals surface area contributed by atoms with Gasteiger partial charge >= 0.3 is 0 Å². The molecule has 3 aromatic carbocycles. The molecule has 3 aromatic rings. The monoisotopic (exact) mass is 534 g/mol. The van der Waals surface area contributed by atoms with Crippen LogP contribution in [0.5, 0.6) is 0 Å². The van der Waals surface area contributed by atoms with E-state index in [1.54, 1.807) is 23.9 Å². The zero-order valence-electron chi connectivity index (χ0n) is 18.3. The second-order valence-corrected chi connectivity index (χ2v) is 12.0. The Morgan fingerprint density at radius 2 is 1.76 bits per heavy atom. The second-order valence-electron chi connectivity index (χ2n) is 8.09. The highest BCUT2D eigenvalue weighted by Crippen LogP contribution is 2.34. The van der Waals surface area contributed by atoms with Gasteiger partial charge in [0.15, 0.2) is 0 Å². The number of amides is 1. The first-order valence-electron chi connectivity index (χ1n) is 10.9. The molecule has 1 fully saturated rings. The molecule has 178 valence electrons. The Morgan fingerprint density at radius 3 is 2.53 bits per heavy atom. The van der Waals surface area contributed by atoms with Crippen LogP contribution < -0.4 is 5.32 Å². The molecule has 1 aliphatic rings. The molecule has 0 radical (unpaired) electrons. The maximum absolute atomic E-state index is 13.1. The lowest BCUT2D eigenvalue weighted by atomic mass is 9.99. The largest absolute Gasteiger partial charge is 0.325 e. The van der Waals surface area contributed by atoms with Gasteiger partial charge in [0.05, 0.1) is 17.4 Å². The molecule has 0 aromatic heterocycles. The smallest absolute Gasteiger partial charge is 0.228 e. The van der Waals surface area contributed by atoms with E-state index in [4.69, 9.17) is 23.2 Å². The van der Waals surface area contributed by atoms with E-state index in [1.165, 1.54) is 10.4 Å². The standard InChI is InChI=1S/C25H24Cl2N2O3S2/c26-20-13-12-19(22(27)15-20)17-34(31,32)29-14-6-7-18(16-29)25(30)28-23-10-4-5-11-24(23)33-21-8-2-1-3-9-21/h1-5,8-13,15,18H,6-7,14,16-17H2,(H,28,30). The topological polar surface area (TPSA) is 66.5 Å². The first kappa shape index (κ1) is 25.1. The van der Waals surface area contributed by atoms with Gasteiger partial charge in [-0.3, -0.25) is 4.79 Å². The van der Waals surface area contributed by atoms with Crippen molar-refractivity contribution in [3.05, 3.63) is 88.4 Å². The predicted octanol–water partition coefficient (Wildman–Crippen LogP) is 6.33. The molecule has 9 heteroatoms. The predicted molar refractivity (Wildman–Crippen MR) is 139 cm³/mol. The Hall–Kier alpha value is -2.03. The Labute approximate surface area is 214 Å². The van der Waals surface area contributed by atoms with Crippen molar-refractivity contribution in [3.63, 3.8) is 0 Å². The third kappa shape index (κ3) is 6.34. The van der Waals surface area contributed by atoms with Gasteiger partial charge in [0.1, 0.15) is 0 Å². The summed E-state index contributed by atoms with van der Waals surface area (Å²) in [5.74, 6) is -0.835. The lowest BCUT2D eigenvalue weighted by Gasteiger charge is -2.31. The molecule has 1 aliphatic heterocycles. The average molecular weight is 536 g/mol. The van der Waals surface area contributed by atoms with Crippen LogP contribution in [-0.4, -0.2) is 31.7 Å². The van der Waals surface area contributed by atoms with Crippen LogP contribution in [0.4, 0.5) is 5.69 Å². The fourth-order valence-corrected chi connectivity index (χ4v) is 6.96. The normalized spacial score (nSPS) is 16.8. The van der Waals surface area contributed by atoms with Crippen molar-refractivity contribution in [1.29, 1.82) is 0 Å². The summed E-state index contributed by atoms with van der Waals surface area (Å²) in [5.41, 5.74) is 1.21. The van der Waals surface area contributed by atoms with Crippen molar-refractivity contribution in [3.8, 4) is 0 Å². The third-order valence-electron chi connectivity index (χ3n) is 5.62.